The van der Waals surface area contributed by atoms with Crippen molar-refractivity contribution >= 4 is 21.9 Å². The van der Waals surface area contributed by atoms with Crippen LogP contribution in [0.2, 0.25) is 0 Å². The molecule has 0 atom stereocenters. The highest BCUT2D eigenvalue weighted by Gasteiger charge is 2.13. The minimum absolute atomic E-state index is 0.0447. The fraction of sp³-hybridized carbons (Fsp3) is 0.333. The number of rotatable bonds is 4. The van der Waals surface area contributed by atoms with Crippen LogP contribution in [0.25, 0.3) is 0 Å². The van der Waals surface area contributed by atoms with Crippen molar-refractivity contribution < 1.29 is 14.6 Å². The van der Waals surface area contributed by atoms with E-state index in [2.05, 4.69) is 15.9 Å². The van der Waals surface area contributed by atoms with Gasteiger partial charge in [0, 0.05) is 4.47 Å². The molecule has 0 aromatic heterocycles. The first-order valence-corrected chi connectivity index (χ1v) is 5.89. The zero-order chi connectivity index (χ0) is 12.8. The van der Waals surface area contributed by atoms with Crippen LogP contribution in [0.5, 0.6) is 0 Å². The van der Waals surface area contributed by atoms with Crippen LogP contribution in [-0.4, -0.2) is 17.7 Å². The smallest absolute Gasteiger partial charge is 0.310 e. The van der Waals surface area contributed by atoms with Crippen LogP contribution in [0.4, 0.5) is 0 Å². The van der Waals surface area contributed by atoms with Crippen molar-refractivity contribution in [2.24, 2.45) is 0 Å². The highest BCUT2D eigenvalue weighted by molar-refractivity contribution is 9.10. The Hall–Kier alpha value is -1.38. The number of esters is 1. The quantitative estimate of drug-likeness (QED) is 0.862. The molecular weight excluding hydrogens is 286 g/mol. The molecule has 0 unspecified atom stereocenters. The first-order valence-electron chi connectivity index (χ1n) is 5.10. The van der Waals surface area contributed by atoms with Crippen LogP contribution in [0.3, 0.4) is 0 Å². The molecule has 0 heterocycles. The van der Waals surface area contributed by atoms with Gasteiger partial charge in [-0.25, -0.2) is 0 Å². The predicted octanol–water partition coefficient (Wildman–Crippen LogP) is 1.92. The van der Waals surface area contributed by atoms with E-state index >= 15 is 0 Å². The third-order valence-electron chi connectivity index (χ3n) is 2.18. The lowest BCUT2D eigenvalue weighted by Gasteiger charge is -2.08. The monoisotopic (exact) mass is 297 g/mol. The van der Waals surface area contributed by atoms with E-state index in [9.17, 15) is 4.79 Å². The SMILES string of the molecule is CCOC(=O)Cc1c(Br)cc(CO)cc1C#N. The number of benzene rings is 1. The van der Waals surface area contributed by atoms with Crippen LogP contribution in [0.15, 0.2) is 16.6 Å². The maximum Gasteiger partial charge on any atom is 0.310 e. The molecule has 0 spiro atoms. The fourth-order valence-electron chi connectivity index (χ4n) is 1.42. The number of hydrogen-bond acceptors (Lipinski definition) is 4. The molecule has 0 fully saturated rings. The molecule has 4 nitrogen and oxygen atoms in total. The van der Waals surface area contributed by atoms with Gasteiger partial charge in [0.25, 0.3) is 0 Å². The Morgan fingerprint density at radius 3 is 2.82 bits per heavy atom. The summed E-state index contributed by atoms with van der Waals surface area (Å²) in [5, 5.41) is 18.0. The maximum absolute atomic E-state index is 11.4. The summed E-state index contributed by atoms with van der Waals surface area (Å²) in [5.74, 6) is -0.374. The zero-order valence-electron chi connectivity index (χ0n) is 9.36. The Bertz CT molecular complexity index is 466. The number of aliphatic hydroxyl groups is 1. The van der Waals surface area contributed by atoms with Gasteiger partial charge in [0.15, 0.2) is 0 Å². The van der Waals surface area contributed by atoms with Gasteiger partial charge in [0.1, 0.15) is 0 Å². The first kappa shape index (κ1) is 13.7. The molecule has 90 valence electrons. The van der Waals surface area contributed by atoms with E-state index in [-0.39, 0.29) is 19.0 Å². The van der Waals surface area contributed by atoms with Gasteiger partial charge in [-0.05, 0) is 30.2 Å². The number of halogens is 1. The summed E-state index contributed by atoms with van der Waals surface area (Å²) in [6.45, 7) is 1.90. The Labute approximate surface area is 108 Å². The summed E-state index contributed by atoms with van der Waals surface area (Å²) in [7, 11) is 0. The van der Waals surface area contributed by atoms with Crippen LogP contribution >= 0.6 is 15.9 Å². The summed E-state index contributed by atoms with van der Waals surface area (Å²) in [5.41, 5.74) is 1.58. The minimum atomic E-state index is -0.374. The topological polar surface area (TPSA) is 70.3 Å². The Morgan fingerprint density at radius 1 is 1.59 bits per heavy atom. The van der Waals surface area contributed by atoms with Gasteiger partial charge < -0.3 is 9.84 Å². The highest BCUT2D eigenvalue weighted by atomic mass is 79.9. The van der Waals surface area contributed by atoms with E-state index in [0.29, 0.717) is 27.8 Å². The molecule has 0 aliphatic heterocycles. The Kier molecular flexibility index (Phi) is 5.13. The molecule has 1 rings (SSSR count). The number of ether oxygens (including phenoxy) is 1. The molecule has 0 amide bonds. The molecule has 0 bridgehead atoms. The zero-order valence-corrected chi connectivity index (χ0v) is 11.0. The molecular formula is C12H12BrNO3. The lowest BCUT2D eigenvalue weighted by atomic mass is 10.0. The second-order valence-corrected chi connectivity index (χ2v) is 4.21. The number of nitriles is 1. The summed E-state index contributed by atoms with van der Waals surface area (Å²) in [6.07, 6.45) is 0.0447. The fourth-order valence-corrected chi connectivity index (χ4v) is 2.07. The Morgan fingerprint density at radius 2 is 2.29 bits per heavy atom. The van der Waals surface area contributed by atoms with Crippen molar-refractivity contribution in [2.75, 3.05) is 6.61 Å². The number of carbonyl (C=O) groups excluding carboxylic acids is 1. The average molecular weight is 298 g/mol. The van der Waals surface area contributed by atoms with Crippen LogP contribution in [0.1, 0.15) is 23.6 Å². The summed E-state index contributed by atoms with van der Waals surface area (Å²) < 4.78 is 5.47. The van der Waals surface area contributed by atoms with Gasteiger partial charge >= 0.3 is 5.97 Å². The summed E-state index contributed by atoms with van der Waals surface area (Å²) in [4.78, 5) is 11.4. The number of nitrogens with zero attached hydrogens (tertiary/aromatic N) is 1. The van der Waals surface area contributed by atoms with Crippen molar-refractivity contribution in [1.29, 1.82) is 5.26 Å². The number of aliphatic hydroxyl groups excluding tert-OH is 1. The normalized spacial score (nSPS) is 9.76. The highest BCUT2D eigenvalue weighted by Crippen LogP contribution is 2.24. The molecule has 0 saturated carbocycles. The van der Waals surface area contributed by atoms with Crippen LogP contribution < -0.4 is 0 Å². The molecule has 1 aromatic rings. The van der Waals surface area contributed by atoms with E-state index in [1.54, 1.807) is 19.1 Å². The average Bonchev–Trinajstić information content (AvgIpc) is 2.31. The van der Waals surface area contributed by atoms with Crippen molar-refractivity contribution in [3.63, 3.8) is 0 Å². The second-order valence-electron chi connectivity index (χ2n) is 3.36. The Balaban J connectivity index is 3.07. The van der Waals surface area contributed by atoms with Gasteiger partial charge in [0.05, 0.1) is 31.3 Å². The van der Waals surface area contributed by atoms with Crippen LogP contribution in [0, 0.1) is 11.3 Å². The predicted molar refractivity (Wildman–Crippen MR) is 65.1 cm³/mol. The molecule has 0 aliphatic carbocycles. The number of hydrogen-bond donors (Lipinski definition) is 1. The second kappa shape index (κ2) is 6.38. The van der Waals surface area contributed by atoms with Gasteiger partial charge in [-0.15, -0.1) is 0 Å². The molecule has 5 heteroatoms. The standard InChI is InChI=1S/C12H12BrNO3/c1-2-17-12(16)5-10-9(6-14)3-8(7-15)4-11(10)13/h3-4,15H,2,5,7H2,1H3. The molecule has 0 aliphatic rings. The molecule has 17 heavy (non-hydrogen) atoms. The van der Waals surface area contributed by atoms with E-state index in [1.165, 1.54) is 0 Å². The molecule has 1 aromatic carbocycles. The van der Waals surface area contributed by atoms with Crippen molar-refractivity contribution in [3.05, 3.63) is 33.3 Å². The van der Waals surface area contributed by atoms with E-state index < -0.39 is 0 Å². The van der Waals surface area contributed by atoms with E-state index in [4.69, 9.17) is 15.1 Å². The summed E-state index contributed by atoms with van der Waals surface area (Å²) >= 11 is 3.29. The molecule has 0 saturated heterocycles. The molecule has 0 radical (unpaired) electrons. The minimum Gasteiger partial charge on any atom is -0.466 e. The van der Waals surface area contributed by atoms with Gasteiger partial charge in [-0.3, -0.25) is 4.79 Å². The lowest BCUT2D eigenvalue weighted by molar-refractivity contribution is -0.142. The van der Waals surface area contributed by atoms with Crippen LogP contribution in [-0.2, 0) is 22.6 Å². The first-order chi connectivity index (χ1) is 8.12. The van der Waals surface area contributed by atoms with Gasteiger partial charge in [-0.2, -0.15) is 5.26 Å². The van der Waals surface area contributed by atoms with E-state index in [1.807, 2.05) is 6.07 Å². The van der Waals surface area contributed by atoms with Crippen molar-refractivity contribution in [1.82, 2.24) is 0 Å². The van der Waals surface area contributed by atoms with E-state index in [0.717, 1.165) is 0 Å². The van der Waals surface area contributed by atoms with Crippen molar-refractivity contribution in [3.8, 4) is 6.07 Å². The maximum atomic E-state index is 11.4. The molecule has 1 N–H and O–H groups in total. The lowest BCUT2D eigenvalue weighted by Crippen LogP contribution is -2.09. The van der Waals surface area contributed by atoms with Gasteiger partial charge in [0.2, 0.25) is 0 Å². The van der Waals surface area contributed by atoms with Gasteiger partial charge in [-0.1, -0.05) is 15.9 Å². The summed E-state index contributed by atoms with van der Waals surface area (Å²) in [6, 6.07) is 5.27. The van der Waals surface area contributed by atoms with Crippen molar-refractivity contribution in [2.45, 2.75) is 20.0 Å². The third kappa shape index (κ3) is 3.55. The third-order valence-corrected chi connectivity index (χ3v) is 2.89. The number of carbonyl (C=O) groups is 1. The largest absolute Gasteiger partial charge is 0.466 e.